The highest BCUT2D eigenvalue weighted by Crippen LogP contribution is 2.36. The van der Waals surface area contributed by atoms with Crippen molar-refractivity contribution in [2.45, 2.75) is 25.5 Å². The number of halogens is 1. The summed E-state index contributed by atoms with van der Waals surface area (Å²) in [6.07, 6.45) is 2.39. The molecule has 9 heteroatoms. The Morgan fingerprint density at radius 3 is 2.66 bits per heavy atom. The minimum absolute atomic E-state index is 0.0278. The smallest absolute Gasteiger partial charge is 0.283 e. The molecule has 4 rings (SSSR count). The Hall–Kier alpha value is -2.81. The Kier molecular flexibility index (Phi) is 8.15. The first-order valence-electron chi connectivity index (χ1n) is 11.5. The Balaban J connectivity index is 1.70. The Morgan fingerprint density at radius 1 is 1.26 bits per heavy atom. The first-order chi connectivity index (χ1) is 16.9. The van der Waals surface area contributed by atoms with Crippen LogP contribution in [0.2, 0.25) is 5.02 Å². The van der Waals surface area contributed by atoms with E-state index in [2.05, 4.69) is 0 Å². The first-order valence-corrected chi connectivity index (χ1v) is 12.8. The standard InChI is InChI=1S/C26H28ClN3O4S/c1-4-23(25(32)29-11-13-34-14-12-29)35-26-28-21(15-18-8-6-5-7-17(18)2)24(31)30(26)19-9-10-22(33-3)20(27)16-19/h5-10,15-16,23H,4,11-14H2,1-3H3/b21-15-/t23-/m1/s1. The zero-order valence-corrected chi connectivity index (χ0v) is 21.6. The van der Waals surface area contributed by atoms with Crippen LogP contribution in [0.25, 0.3) is 6.08 Å². The number of nitrogens with zero attached hydrogens (tertiary/aromatic N) is 3. The maximum atomic E-state index is 13.6. The molecule has 0 bridgehead atoms. The van der Waals surface area contributed by atoms with Gasteiger partial charge in [-0.05, 0) is 48.7 Å². The lowest BCUT2D eigenvalue weighted by Crippen LogP contribution is -2.45. The Morgan fingerprint density at radius 2 is 2.00 bits per heavy atom. The van der Waals surface area contributed by atoms with E-state index in [-0.39, 0.29) is 17.1 Å². The molecular formula is C26H28ClN3O4S. The van der Waals surface area contributed by atoms with Crippen molar-refractivity contribution in [2.75, 3.05) is 38.3 Å². The molecule has 2 amide bonds. The zero-order chi connectivity index (χ0) is 24.9. The number of hydrogen-bond donors (Lipinski definition) is 0. The monoisotopic (exact) mass is 513 g/mol. The topological polar surface area (TPSA) is 71.4 Å². The van der Waals surface area contributed by atoms with Crippen LogP contribution >= 0.6 is 23.4 Å². The number of rotatable bonds is 6. The summed E-state index contributed by atoms with van der Waals surface area (Å²) in [7, 11) is 1.54. The van der Waals surface area contributed by atoms with Gasteiger partial charge in [-0.1, -0.05) is 54.6 Å². The van der Waals surface area contributed by atoms with Crippen molar-refractivity contribution < 1.29 is 19.1 Å². The number of ether oxygens (including phenoxy) is 2. The quantitative estimate of drug-likeness (QED) is 0.520. The largest absolute Gasteiger partial charge is 0.495 e. The number of benzene rings is 2. The SMILES string of the molecule is CC[C@@H](SC1=N/C(=C\c2ccccc2C)C(=O)N1c1ccc(OC)c(Cl)c1)C(=O)N1CCOCC1. The molecule has 184 valence electrons. The van der Waals surface area contributed by atoms with Gasteiger partial charge in [0.2, 0.25) is 5.91 Å². The van der Waals surface area contributed by atoms with E-state index >= 15 is 0 Å². The first kappa shape index (κ1) is 25.3. The van der Waals surface area contributed by atoms with Gasteiger partial charge in [0.1, 0.15) is 11.4 Å². The third-order valence-electron chi connectivity index (χ3n) is 5.92. The van der Waals surface area contributed by atoms with E-state index in [0.29, 0.717) is 60.0 Å². The van der Waals surface area contributed by atoms with E-state index in [9.17, 15) is 9.59 Å². The van der Waals surface area contributed by atoms with Crippen LogP contribution in [-0.2, 0) is 14.3 Å². The van der Waals surface area contributed by atoms with E-state index in [1.807, 2.05) is 43.0 Å². The average molecular weight is 514 g/mol. The second kappa shape index (κ2) is 11.3. The molecule has 0 N–H and O–H groups in total. The summed E-state index contributed by atoms with van der Waals surface area (Å²) < 4.78 is 10.7. The van der Waals surface area contributed by atoms with Crippen LogP contribution in [0.3, 0.4) is 0 Å². The van der Waals surface area contributed by atoms with Crippen LogP contribution in [0.1, 0.15) is 24.5 Å². The van der Waals surface area contributed by atoms with Crippen molar-refractivity contribution in [3.63, 3.8) is 0 Å². The van der Waals surface area contributed by atoms with Crippen molar-refractivity contribution in [1.29, 1.82) is 0 Å². The summed E-state index contributed by atoms with van der Waals surface area (Å²) in [6.45, 7) is 6.15. The molecule has 2 aliphatic rings. The molecule has 2 aromatic carbocycles. The molecule has 0 spiro atoms. The predicted octanol–water partition coefficient (Wildman–Crippen LogP) is 4.77. The summed E-state index contributed by atoms with van der Waals surface area (Å²) >= 11 is 7.68. The van der Waals surface area contributed by atoms with Crippen molar-refractivity contribution in [3.05, 3.63) is 64.3 Å². The molecule has 0 aromatic heterocycles. The second-order valence-electron chi connectivity index (χ2n) is 8.19. The highest BCUT2D eigenvalue weighted by molar-refractivity contribution is 8.15. The molecule has 0 aliphatic carbocycles. The molecule has 1 fully saturated rings. The van der Waals surface area contributed by atoms with Crippen molar-refractivity contribution >= 4 is 52.1 Å². The van der Waals surface area contributed by atoms with E-state index < -0.39 is 0 Å². The highest BCUT2D eigenvalue weighted by atomic mass is 35.5. The van der Waals surface area contributed by atoms with Crippen LogP contribution < -0.4 is 9.64 Å². The number of aryl methyl sites for hydroxylation is 1. The van der Waals surface area contributed by atoms with E-state index in [1.165, 1.54) is 23.8 Å². The number of morpholine rings is 1. The average Bonchev–Trinajstić information content (AvgIpc) is 3.18. The van der Waals surface area contributed by atoms with Gasteiger partial charge in [0.05, 0.1) is 36.3 Å². The molecule has 2 aromatic rings. The number of thioether (sulfide) groups is 1. The van der Waals surface area contributed by atoms with Gasteiger partial charge in [0.25, 0.3) is 5.91 Å². The fourth-order valence-corrected chi connectivity index (χ4v) is 5.28. The van der Waals surface area contributed by atoms with Gasteiger partial charge in [-0.2, -0.15) is 0 Å². The lowest BCUT2D eigenvalue weighted by atomic mass is 10.1. The summed E-state index contributed by atoms with van der Waals surface area (Å²) in [4.78, 5) is 34.9. The molecule has 7 nitrogen and oxygen atoms in total. The van der Waals surface area contributed by atoms with Crippen LogP contribution in [0.15, 0.2) is 53.2 Å². The molecular weight excluding hydrogens is 486 g/mol. The number of amides is 2. The van der Waals surface area contributed by atoms with Gasteiger partial charge in [-0.25, -0.2) is 4.99 Å². The van der Waals surface area contributed by atoms with E-state index in [4.69, 9.17) is 26.1 Å². The number of carbonyl (C=O) groups is 2. The van der Waals surface area contributed by atoms with Gasteiger partial charge >= 0.3 is 0 Å². The molecule has 0 unspecified atom stereocenters. The van der Waals surface area contributed by atoms with Gasteiger partial charge < -0.3 is 14.4 Å². The van der Waals surface area contributed by atoms with Crippen molar-refractivity contribution in [2.24, 2.45) is 4.99 Å². The third-order valence-corrected chi connectivity index (χ3v) is 7.52. The van der Waals surface area contributed by atoms with Gasteiger partial charge in [-0.15, -0.1) is 0 Å². The number of carbonyl (C=O) groups excluding carboxylic acids is 2. The Labute approximate surface area is 214 Å². The van der Waals surface area contributed by atoms with Crippen LogP contribution in [0.4, 0.5) is 5.69 Å². The maximum Gasteiger partial charge on any atom is 0.283 e. The molecule has 1 saturated heterocycles. The minimum Gasteiger partial charge on any atom is -0.495 e. The molecule has 35 heavy (non-hydrogen) atoms. The van der Waals surface area contributed by atoms with E-state index in [0.717, 1.165) is 11.1 Å². The van der Waals surface area contributed by atoms with Gasteiger partial charge in [0.15, 0.2) is 5.17 Å². The number of anilines is 1. The van der Waals surface area contributed by atoms with Crippen LogP contribution in [-0.4, -0.2) is 60.5 Å². The highest BCUT2D eigenvalue weighted by Gasteiger charge is 2.36. The number of aliphatic imine (C=N–C) groups is 1. The van der Waals surface area contributed by atoms with E-state index in [1.54, 1.807) is 24.3 Å². The van der Waals surface area contributed by atoms with Crippen molar-refractivity contribution in [3.8, 4) is 5.75 Å². The normalized spacial score (nSPS) is 18.1. The van der Waals surface area contributed by atoms with Crippen LogP contribution in [0.5, 0.6) is 5.75 Å². The zero-order valence-electron chi connectivity index (χ0n) is 20.0. The second-order valence-corrected chi connectivity index (χ2v) is 9.77. The molecule has 1 atom stereocenters. The molecule has 0 saturated carbocycles. The lowest BCUT2D eigenvalue weighted by molar-refractivity contribution is -0.134. The summed E-state index contributed by atoms with van der Waals surface area (Å²) in [5.74, 6) is 0.267. The Bertz CT molecular complexity index is 1180. The maximum absolute atomic E-state index is 13.6. The third kappa shape index (κ3) is 5.55. The lowest BCUT2D eigenvalue weighted by Gasteiger charge is -2.30. The van der Waals surface area contributed by atoms with Crippen molar-refractivity contribution in [1.82, 2.24) is 4.90 Å². The summed E-state index contributed by atoms with van der Waals surface area (Å²) in [6, 6.07) is 13.0. The predicted molar refractivity (Wildman–Crippen MR) is 141 cm³/mol. The van der Waals surface area contributed by atoms with Gasteiger partial charge in [-0.3, -0.25) is 14.5 Å². The summed E-state index contributed by atoms with van der Waals surface area (Å²) in [5.41, 5.74) is 2.82. The fraction of sp³-hybridized carbons (Fsp3) is 0.346. The number of hydrogen-bond acceptors (Lipinski definition) is 6. The minimum atomic E-state index is -0.381. The number of methoxy groups -OCH3 is 1. The molecule has 2 aliphatic heterocycles. The fourth-order valence-electron chi connectivity index (χ4n) is 3.92. The summed E-state index contributed by atoms with van der Waals surface area (Å²) in [5, 5.41) is 0.452. The number of amidine groups is 1. The van der Waals surface area contributed by atoms with Crippen LogP contribution in [0, 0.1) is 6.92 Å². The van der Waals surface area contributed by atoms with Gasteiger partial charge in [0, 0.05) is 13.1 Å². The molecule has 2 heterocycles. The molecule has 0 radical (unpaired) electrons.